The van der Waals surface area contributed by atoms with Gasteiger partial charge in [-0.25, -0.2) is 14.4 Å². The zero-order valence-corrected chi connectivity index (χ0v) is 14.7. The number of nitrogens with one attached hydrogen (secondary N) is 1. The second kappa shape index (κ2) is 6.15. The van der Waals surface area contributed by atoms with Gasteiger partial charge in [0.05, 0.1) is 16.7 Å². The van der Waals surface area contributed by atoms with E-state index in [0.717, 1.165) is 12.1 Å². The highest BCUT2D eigenvalue weighted by molar-refractivity contribution is 6.01. The van der Waals surface area contributed by atoms with Crippen molar-refractivity contribution >= 4 is 17.9 Å². The van der Waals surface area contributed by atoms with Gasteiger partial charge in [-0.15, -0.1) is 0 Å². The lowest BCUT2D eigenvalue weighted by atomic mass is 9.71. The van der Waals surface area contributed by atoms with E-state index in [1.54, 1.807) is 0 Å². The molecule has 136 valence electrons. The van der Waals surface area contributed by atoms with E-state index in [4.69, 9.17) is 5.11 Å². The molecule has 0 aromatic heterocycles. The molecule has 1 saturated heterocycles. The SMILES string of the molecule is CC1(C)CC(c2c(C(=O)O)cc(C(=O)O)cc2C(=O)O)CC(C)(C)N1. The van der Waals surface area contributed by atoms with Crippen molar-refractivity contribution in [1.82, 2.24) is 5.32 Å². The summed E-state index contributed by atoms with van der Waals surface area (Å²) in [6.45, 7) is 7.92. The first-order valence-electron chi connectivity index (χ1n) is 8.00. The molecule has 2 rings (SSSR count). The monoisotopic (exact) mass is 349 g/mol. The van der Waals surface area contributed by atoms with Gasteiger partial charge in [-0.05, 0) is 64.2 Å². The molecule has 0 unspecified atom stereocenters. The molecule has 4 N–H and O–H groups in total. The predicted octanol–water partition coefficient (Wildman–Crippen LogP) is 2.81. The van der Waals surface area contributed by atoms with Crippen molar-refractivity contribution < 1.29 is 29.7 Å². The summed E-state index contributed by atoms with van der Waals surface area (Å²) < 4.78 is 0. The minimum Gasteiger partial charge on any atom is -0.478 e. The first kappa shape index (κ1) is 18.9. The lowest BCUT2D eigenvalue weighted by molar-refractivity contribution is 0.0688. The average molecular weight is 349 g/mol. The highest BCUT2D eigenvalue weighted by atomic mass is 16.4. The quantitative estimate of drug-likeness (QED) is 0.659. The molecule has 0 atom stereocenters. The van der Waals surface area contributed by atoms with E-state index in [0.29, 0.717) is 12.8 Å². The molecule has 25 heavy (non-hydrogen) atoms. The molecule has 0 bridgehead atoms. The number of rotatable bonds is 4. The Kier molecular flexibility index (Phi) is 4.65. The van der Waals surface area contributed by atoms with Gasteiger partial charge in [0.15, 0.2) is 0 Å². The summed E-state index contributed by atoms with van der Waals surface area (Å²) in [6, 6.07) is 2.10. The normalized spacial score (nSPS) is 19.4. The number of benzene rings is 1. The van der Waals surface area contributed by atoms with E-state index in [1.807, 2.05) is 27.7 Å². The molecule has 0 radical (unpaired) electrons. The maximum Gasteiger partial charge on any atom is 0.336 e. The van der Waals surface area contributed by atoms with Crippen molar-refractivity contribution in [2.24, 2.45) is 0 Å². The summed E-state index contributed by atoms with van der Waals surface area (Å²) in [5, 5.41) is 31.8. The summed E-state index contributed by atoms with van der Waals surface area (Å²) in [5.41, 5.74) is -1.28. The molecule has 1 heterocycles. The molecular weight excluding hydrogens is 326 g/mol. The van der Waals surface area contributed by atoms with Gasteiger partial charge in [0.25, 0.3) is 0 Å². The van der Waals surface area contributed by atoms with Crippen molar-refractivity contribution in [2.45, 2.75) is 57.5 Å². The van der Waals surface area contributed by atoms with Crippen LogP contribution in [0.5, 0.6) is 0 Å². The van der Waals surface area contributed by atoms with Crippen LogP contribution in [0.4, 0.5) is 0 Å². The summed E-state index contributed by atoms with van der Waals surface area (Å²) in [5.74, 6) is -4.32. The van der Waals surface area contributed by atoms with Gasteiger partial charge in [0.1, 0.15) is 0 Å². The van der Waals surface area contributed by atoms with Crippen LogP contribution in [0.3, 0.4) is 0 Å². The fraction of sp³-hybridized carbons (Fsp3) is 0.500. The fourth-order valence-electron chi connectivity index (χ4n) is 4.10. The van der Waals surface area contributed by atoms with Crippen LogP contribution in [0.15, 0.2) is 12.1 Å². The summed E-state index contributed by atoms with van der Waals surface area (Å²) >= 11 is 0. The van der Waals surface area contributed by atoms with Crippen molar-refractivity contribution in [2.75, 3.05) is 0 Å². The zero-order valence-electron chi connectivity index (χ0n) is 14.7. The molecule has 7 nitrogen and oxygen atoms in total. The minimum atomic E-state index is -1.36. The highest BCUT2D eigenvalue weighted by Crippen LogP contribution is 2.42. The Morgan fingerprint density at radius 3 is 1.60 bits per heavy atom. The number of hydrogen-bond donors (Lipinski definition) is 4. The smallest absolute Gasteiger partial charge is 0.336 e. The van der Waals surface area contributed by atoms with Gasteiger partial charge < -0.3 is 20.6 Å². The van der Waals surface area contributed by atoms with Crippen LogP contribution in [0.2, 0.25) is 0 Å². The standard InChI is InChI=1S/C18H23NO6/c1-17(2)7-10(8-18(3,4)19-17)13-11(15(22)23)5-9(14(20)21)6-12(13)16(24)25/h5-6,10,19H,7-8H2,1-4H3,(H,20,21)(H,22,23)(H,24,25). The van der Waals surface area contributed by atoms with Crippen molar-refractivity contribution in [3.8, 4) is 0 Å². The molecule has 0 spiro atoms. The Labute approximate surface area is 145 Å². The Balaban J connectivity index is 2.72. The summed E-state index contributed by atoms with van der Waals surface area (Å²) in [4.78, 5) is 34.7. The first-order valence-corrected chi connectivity index (χ1v) is 8.00. The van der Waals surface area contributed by atoms with Gasteiger partial charge in [-0.1, -0.05) is 0 Å². The van der Waals surface area contributed by atoms with E-state index >= 15 is 0 Å². The second-order valence-corrected chi connectivity index (χ2v) is 7.90. The summed E-state index contributed by atoms with van der Waals surface area (Å²) in [7, 11) is 0. The Morgan fingerprint density at radius 2 is 1.28 bits per heavy atom. The number of hydrogen-bond acceptors (Lipinski definition) is 4. The van der Waals surface area contributed by atoms with Crippen molar-refractivity contribution in [3.05, 3.63) is 34.4 Å². The van der Waals surface area contributed by atoms with Gasteiger partial charge in [-0.2, -0.15) is 0 Å². The van der Waals surface area contributed by atoms with E-state index in [2.05, 4.69) is 5.32 Å². The van der Waals surface area contributed by atoms with E-state index in [1.165, 1.54) is 0 Å². The first-order chi connectivity index (χ1) is 11.3. The molecular formula is C18H23NO6. The largest absolute Gasteiger partial charge is 0.478 e. The molecule has 1 aromatic carbocycles. The van der Waals surface area contributed by atoms with Crippen LogP contribution in [-0.4, -0.2) is 44.3 Å². The number of piperidine rings is 1. The molecule has 0 saturated carbocycles. The highest BCUT2D eigenvalue weighted by Gasteiger charge is 2.41. The maximum atomic E-state index is 11.7. The van der Waals surface area contributed by atoms with Crippen LogP contribution in [-0.2, 0) is 0 Å². The molecule has 1 fully saturated rings. The lowest BCUT2D eigenvalue weighted by Gasteiger charge is -2.47. The molecule has 1 aliphatic heterocycles. The zero-order chi connectivity index (χ0) is 19.2. The van der Waals surface area contributed by atoms with Crippen LogP contribution in [0, 0.1) is 0 Å². The molecule has 0 amide bonds. The van der Waals surface area contributed by atoms with E-state index in [-0.39, 0.29) is 39.2 Å². The topological polar surface area (TPSA) is 124 Å². The average Bonchev–Trinajstić information content (AvgIpc) is 2.42. The number of carboxylic acid groups (broad SMARTS) is 3. The third-order valence-corrected chi connectivity index (χ3v) is 4.49. The van der Waals surface area contributed by atoms with Crippen LogP contribution >= 0.6 is 0 Å². The van der Waals surface area contributed by atoms with Crippen LogP contribution in [0.25, 0.3) is 0 Å². The molecule has 1 aromatic rings. The number of carbonyl (C=O) groups is 3. The van der Waals surface area contributed by atoms with Gasteiger partial charge in [0.2, 0.25) is 0 Å². The van der Waals surface area contributed by atoms with Crippen LogP contribution < -0.4 is 5.32 Å². The third kappa shape index (κ3) is 3.99. The molecule has 0 aliphatic carbocycles. The third-order valence-electron chi connectivity index (χ3n) is 4.49. The van der Waals surface area contributed by atoms with Gasteiger partial charge in [-0.3, -0.25) is 0 Å². The number of aromatic carboxylic acids is 3. The van der Waals surface area contributed by atoms with Crippen LogP contribution in [0.1, 0.15) is 83.1 Å². The maximum absolute atomic E-state index is 11.7. The minimum absolute atomic E-state index is 0.202. The fourth-order valence-corrected chi connectivity index (χ4v) is 4.10. The van der Waals surface area contributed by atoms with E-state index in [9.17, 15) is 24.6 Å². The van der Waals surface area contributed by atoms with Crippen molar-refractivity contribution in [1.29, 1.82) is 0 Å². The van der Waals surface area contributed by atoms with E-state index < -0.39 is 17.9 Å². The second-order valence-electron chi connectivity index (χ2n) is 7.90. The van der Waals surface area contributed by atoms with Gasteiger partial charge in [0, 0.05) is 11.1 Å². The van der Waals surface area contributed by atoms with Gasteiger partial charge >= 0.3 is 17.9 Å². The summed E-state index contributed by atoms with van der Waals surface area (Å²) in [6.07, 6.45) is 1.09. The Hall–Kier alpha value is -2.41. The Morgan fingerprint density at radius 1 is 0.880 bits per heavy atom. The van der Waals surface area contributed by atoms with Crippen molar-refractivity contribution in [3.63, 3.8) is 0 Å². The number of carboxylic acids is 3. The molecule has 7 heteroatoms. The molecule has 1 aliphatic rings. The Bertz CT molecular complexity index is 699. The lowest BCUT2D eigenvalue weighted by Crippen LogP contribution is -2.57. The predicted molar refractivity (Wildman–Crippen MR) is 90.6 cm³/mol.